The van der Waals surface area contributed by atoms with Gasteiger partial charge in [0.1, 0.15) is 18.2 Å². The number of oxime groups is 1. The van der Waals surface area contributed by atoms with Crippen LogP contribution in [0.2, 0.25) is 10.0 Å². The molecule has 0 saturated carbocycles. The predicted octanol–water partition coefficient (Wildman–Crippen LogP) is 5.96. The second-order valence-electron chi connectivity index (χ2n) is 7.28. The Morgan fingerprint density at radius 2 is 2.11 bits per heavy atom. The van der Waals surface area contributed by atoms with E-state index in [1.54, 1.807) is 12.1 Å². The van der Waals surface area contributed by atoms with E-state index in [0.29, 0.717) is 33.2 Å². The third kappa shape index (κ3) is 6.10. The number of ether oxygens (including phenoxy) is 1. The van der Waals surface area contributed by atoms with E-state index in [9.17, 15) is 4.79 Å². The second kappa shape index (κ2) is 11.8. The summed E-state index contributed by atoms with van der Waals surface area (Å²) in [6.07, 6.45) is 2.03. The van der Waals surface area contributed by atoms with Crippen molar-refractivity contribution in [1.82, 2.24) is 14.9 Å². The van der Waals surface area contributed by atoms with Gasteiger partial charge in [0.15, 0.2) is 11.9 Å². The molecule has 1 aromatic heterocycles. The van der Waals surface area contributed by atoms with Crippen LogP contribution in [0, 0.1) is 0 Å². The monoisotopic (exact) mass is 551 g/mol. The minimum absolute atomic E-state index is 0.0452. The number of thioether (sulfide) groups is 1. The van der Waals surface area contributed by atoms with E-state index in [-0.39, 0.29) is 24.5 Å². The summed E-state index contributed by atoms with van der Waals surface area (Å²) in [6, 6.07) is 12.8. The Morgan fingerprint density at radius 3 is 2.89 bits per heavy atom. The normalized spacial score (nSPS) is 15.2. The average Bonchev–Trinajstić information content (AvgIpc) is 3.49. The molecule has 2 aromatic carbocycles. The minimum Gasteiger partial charge on any atom is -0.485 e. The highest BCUT2D eigenvalue weighted by Gasteiger charge is 2.27. The topological polar surface area (TPSA) is 90.6 Å². The summed E-state index contributed by atoms with van der Waals surface area (Å²) in [4.78, 5) is 17.6. The standard InChI is InChI=1S/C23H20Cl3N5O3S/c1-2-9-35-23-28-27-21(31(23)29-22(32)12-24)13-33-19-6-4-3-5-16(19)18-11-20(34-30-18)15-8-7-14(25)10-17(15)26/h2-10,20H,11-13H2,1H3,(H,29,32)/b9-2+. The number of halogens is 3. The molecule has 0 saturated heterocycles. The van der Waals surface area contributed by atoms with Crippen LogP contribution in [0.1, 0.15) is 36.4 Å². The molecule has 4 rings (SSSR count). The van der Waals surface area contributed by atoms with Gasteiger partial charge in [-0.2, -0.15) is 0 Å². The number of allylic oxidation sites excluding steroid dienone is 1. The number of hydrogen-bond donors (Lipinski definition) is 1. The molecule has 1 aliphatic rings. The Hall–Kier alpha value is -2.72. The fraction of sp³-hybridized carbons (Fsp3) is 0.217. The molecule has 0 radical (unpaired) electrons. The number of nitrogens with zero attached hydrogens (tertiary/aromatic N) is 4. The van der Waals surface area contributed by atoms with Gasteiger partial charge in [-0.05, 0) is 36.6 Å². The number of hydrogen-bond acceptors (Lipinski definition) is 7. The molecule has 2 heterocycles. The molecule has 35 heavy (non-hydrogen) atoms. The number of carbonyl (C=O) groups excluding carboxylic acids is 1. The molecular weight excluding hydrogens is 533 g/mol. The summed E-state index contributed by atoms with van der Waals surface area (Å²) in [5.74, 6) is 0.396. The van der Waals surface area contributed by atoms with Crippen molar-refractivity contribution in [2.45, 2.75) is 31.2 Å². The van der Waals surface area contributed by atoms with Crippen molar-refractivity contribution >= 4 is 58.2 Å². The smallest absolute Gasteiger partial charge is 0.253 e. The Labute approximate surface area is 221 Å². The van der Waals surface area contributed by atoms with Gasteiger partial charge in [0.05, 0.1) is 5.71 Å². The van der Waals surface area contributed by atoms with Crippen LogP contribution in [0.5, 0.6) is 5.75 Å². The summed E-state index contributed by atoms with van der Waals surface area (Å²) in [5.41, 5.74) is 4.98. The Bertz CT molecular complexity index is 1280. The van der Waals surface area contributed by atoms with Gasteiger partial charge in [-0.1, -0.05) is 64.4 Å². The highest BCUT2D eigenvalue weighted by Crippen LogP contribution is 2.36. The molecule has 1 unspecified atom stereocenters. The second-order valence-corrected chi connectivity index (χ2v) is 9.26. The van der Waals surface area contributed by atoms with Crippen molar-refractivity contribution in [3.05, 3.63) is 80.9 Å². The number of rotatable bonds is 9. The number of nitrogens with one attached hydrogen (secondary N) is 1. The lowest BCUT2D eigenvalue weighted by atomic mass is 9.99. The number of amides is 1. The lowest BCUT2D eigenvalue weighted by Gasteiger charge is -2.13. The zero-order valence-corrected chi connectivity index (χ0v) is 21.5. The first-order chi connectivity index (χ1) is 17.0. The molecule has 0 fully saturated rings. The van der Waals surface area contributed by atoms with E-state index >= 15 is 0 Å². The van der Waals surface area contributed by atoms with Crippen molar-refractivity contribution < 1.29 is 14.4 Å². The van der Waals surface area contributed by atoms with Crippen molar-refractivity contribution in [1.29, 1.82) is 0 Å². The molecule has 182 valence electrons. The van der Waals surface area contributed by atoms with Crippen molar-refractivity contribution in [3.8, 4) is 5.75 Å². The van der Waals surface area contributed by atoms with Crippen LogP contribution in [0.15, 0.2) is 64.3 Å². The molecule has 3 aromatic rings. The lowest BCUT2D eigenvalue weighted by Crippen LogP contribution is -2.26. The van der Waals surface area contributed by atoms with Crippen molar-refractivity contribution in [2.24, 2.45) is 5.16 Å². The highest BCUT2D eigenvalue weighted by molar-refractivity contribution is 8.02. The van der Waals surface area contributed by atoms with Gasteiger partial charge in [0.25, 0.3) is 5.91 Å². The van der Waals surface area contributed by atoms with Crippen LogP contribution in [0.25, 0.3) is 0 Å². The third-order valence-electron chi connectivity index (χ3n) is 4.90. The summed E-state index contributed by atoms with van der Waals surface area (Å²) < 4.78 is 7.54. The molecular formula is C23H20Cl3N5O3S. The first-order valence-corrected chi connectivity index (χ1v) is 12.6. The molecule has 1 N–H and O–H groups in total. The first-order valence-electron chi connectivity index (χ1n) is 10.5. The van der Waals surface area contributed by atoms with Gasteiger partial charge in [0.2, 0.25) is 5.16 Å². The minimum atomic E-state index is -0.389. The quantitative estimate of drug-likeness (QED) is 0.260. The fourth-order valence-electron chi connectivity index (χ4n) is 3.30. The maximum absolute atomic E-state index is 11.9. The number of para-hydroxylation sites is 1. The van der Waals surface area contributed by atoms with Gasteiger partial charge in [-0.25, -0.2) is 4.68 Å². The van der Waals surface area contributed by atoms with Crippen molar-refractivity contribution in [2.75, 3.05) is 11.3 Å². The fourth-order valence-corrected chi connectivity index (χ4v) is 4.50. The maximum Gasteiger partial charge on any atom is 0.253 e. The van der Waals surface area contributed by atoms with Crippen LogP contribution in [0.3, 0.4) is 0 Å². The van der Waals surface area contributed by atoms with E-state index in [2.05, 4.69) is 20.8 Å². The Morgan fingerprint density at radius 1 is 1.29 bits per heavy atom. The lowest BCUT2D eigenvalue weighted by molar-refractivity contribution is -0.114. The predicted molar refractivity (Wildman–Crippen MR) is 138 cm³/mol. The summed E-state index contributed by atoms with van der Waals surface area (Å²) in [6.45, 7) is 1.93. The zero-order valence-electron chi connectivity index (χ0n) is 18.5. The molecule has 1 aliphatic heterocycles. The molecule has 0 bridgehead atoms. The average molecular weight is 553 g/mol. The Kier molecular flexibility index (Phi) is 8.56. The molecule has 1 atom stereocenters. The SMILES string of the molecule is C/C=C/Sc1nnc(COc2ccccc2C2=NOC(c3ccc(Cl)cc3Cl)C2)n1NC(=O)CCl. The number of carbonyl (C=O) groups is 1. The molecule has 0 aliphatic carbocycles. The zero-order chi connectivity index (χ0) is 24.8. The molecule has 1 amide bonds. The van der Waals surface area contributed by atoms with E-state index in [1.165, 1.54) is 16.4 Å². The molecule has 0 spiro atoms. The van der Waals surface area contributed by atoms with E-state index in [4.69, 9.17) is 44.4 Å². The Balaban J connectivity index is 1.51. The van der Waals surface area contributed by atoms with Crippen molar-refractivity contribution in [3.63, 3.8) is 0 Å². The number of alkyl halides is 1. The summed E-state index contributed by atoms with van der Waals surface area (Å²) in [5, 5.41) is 16.0. The van der Waals surface area contributed by atoms with E-state index in [0.717, 1.165) is 16.8 Å². The maximum atomic E-state index is 11.9. The summed E-state index contributed by atoms with van der Waals surface area (Å²) >= 11 is 19.3. The van der Waals surface area contributed by atoms with Crippen LogP contribution in [0.4, 0.5) is 0 Å². The van der Waals surface area contributed by atoms with E-state index in [1.807, 2.05) is 48.7 Å². The van der Waals surface area contributed by atoms with Gasteiger partial charge >= 0.3 is 0 Å². The molecule has 12 heteroatoms. The van der Waals surface area contributed by atoms with Crippen LogP contribution in [-0.4, -0.2) is 32.4 Å². The first kappa shape index (κ1) is 25.4. The van der Waals surface area contributed by atoms with Crippen LogP contribution in [-0.2, 0) is 16.2 Å². The van der Waals surface area contributed by atoms with Crippen LogP contribution >= 0.6 is 46.6 Å². The largest absolute Gasteiger partial charge is 0.485 e. The van der Waals surface area contributed by atoms with Gasteiger partial charge in [-0.15, -0.1) is 21.8 Å². The molecule has 8 nitrogen and oxygen atoms in total. The van der Waals surface area contributed by atoms with E-state index < -0.39 is 0 Å². The number of aromatic nitrogens is 3. The summed E-state index contributed by atoms with van der Waals surface area (Å²) in [7, 11) is 0. The van der Waals surface area contributed by atoms with Gasteiger partial charge < -0.3 is 9.57 Å². The third-order valence-corrected chi connectivity index (χ3v) is 6.59. The van der Waals surface area contributed by atoms with Crippen LogP contribution < -0.4 is 10.2 Å². The number of benzene rings is 2. The van der Waals surface area contributed by atoms with Gasteiger partial charge in [-0.3, -0.25) is 10.2 Å². The van der Waals surface area contributed by atoms with Gasteiger partial charge in [0, 0.05) is 27.6 Å². The highest BCUT2D eigenvalue weighted by atomic mass is 35.5.